The lowest BCUT2D eigenvalue weighted by Crippen LogP contribution is -2.31. The highest BCUT2D eigenvalue weighted by atomic mass is 79.9. The number of carbonyl (C=O) groups is 2. The second-order valence-corrected chi connectivity index (χ2v) is 8.79. The highest BCUT2D eigenvalue weighted by molar-refractivity contribution is 9.10. The number of benzene rings is 2. The molecule has 0 saturated carbocycles. The number of halogens is 1. The molecule has 0 spiro atoms. The minimum Gasteiger partial charge on any atom is -0.492 e. The van der Waals surface area contributed by atoms with Gasteiger partial charge in [-0.3, -0.25) is 9.59 Å². The van der Waals surface area contributed by atoms with Gasteiger partial charge in [0.25, 0.3) is 11.8 Å². The molecule has 1 heterocycles. The summed E-state index contributed by atoms with van der Waals surface area (Å²) in [7, 11) is 0. The molecule has 1 saturated heterocycles. The quantitative estimate of drug-likeness (QED) is 0.393. The van der Waals surface area contributed by atoms with E-state index in [9.17, 15) is 9.59 Å². The third-order valence-corrected chi connectivity index (χ3v) is 5.99. The lowest BCUT2D eigenvalue weighted by molar-refractivity contribution is 0.0857. The van der Waals surface area contributed by atoms with Crippen LogP contribution in [0.2, 0.25) is 0 Å². The van der Waals surface area contributed by atoms with Gasteiger partial charge in [-0.1, -0.05) is 26.2 Å². The van der Waals surface area contributed by atoms with Crippen LogP contribution in [0.3, 0.4) is 0 Å². The fourth-order valence-corrected chi connectivity index (χ4v) is 3.99. The topological polar surface area (TPSA) is 76.7 Å². The van der Waals surface area contributed by atoms with E-state index in [1.165, 1.54) is 12.8 Å². The van der Waals surface area contributed by atoms with Crippen molar-refractivity contribution in [2.75, 3.05) is 25.1 Å². The van der Waals surface area contributed by atoms with Crippen LogP contribution in [0.4, 0.5) is 5.69 Å². The maximum absolute atomic E-state index is 12.6. The van der Waals surface area contributed by atoms with Gasteiger partial charge in [0.1, 0.15) is 5.75 Å². The number of carbonyl (C=O) groups excluding carboxylic acids is 2. The summed E-state index contributed by atoms with van der Waals surface area (Å²) in [5.41, 5.74) is 1.69. The van der Waals surface area contributed by atoms with Gasteiger partial charge in [0, 0.05) is 30.0 Å². The van der Waals surface area contributed by atoms with E-state index >= 15 is 0 Å². The molecule has 6 nitrogen and oxygen atoms in total. The van der Waals surface area contributed by atoms with Crippen molar-refractivity contribution < 1.29 is 19.1 Å². The van der Waals surface area contributed by atoms with Crippen LogP contribution >= 0.6 is 15.9 Å². The Morgan fingerprint density at radius 2 is 1.84 bits per heavy atom. The van der Waals surface area contributed by atoms with Crippen LogP contribution in [-0.2, 0) is 4.74 Å². The van der Waals surface area contributed by atoms with E-state index in [0.717, 1.165) is 42.5 Å². The van der Waals surface area contributed by atoms with Crippen molar-refractivity contribution in [3.63, 3.8) is 0 Å². The molecule has 2 N–H and O–H groups in total. The zero-order valence-corrected chi connectivity index (χ0v) is 20.1. The van der Waals surface area contributed by atoms with Gasteiger partial charge < -0.3 is 20.1 Å². The van der Waals surface area contributed by atoms with Gasteiger partial charge in [-0.2, -0.15) is 0 Å². The van der Waals surface area contributed by atoms with E-state index in [2.05, 4.69) is 33.5 Å². The van der Waals surface area contributed by atoms with Crippen LogP contribution < -0.4 is 15.4 Å². The number of ether oxygens (including phenoxy) is 2. The van der Waals surface area contributed by atoms with Gasteiger partial charge in [-0.05, 0) is 77.7 Å². The van der Waals surface area contributed by atoms with Crippen LogP contribution in [0.5, 0.6) is 5.75 Å². The first-order valence-corrected chi connectivity index (χ1v) is 12.1. The number of rotatable bonds is 11. The van der Waals surface area contributed by atoms with E-state index in [-0.39, 0.29) is 17.9 Å². The summed E-state index contributed by atoms with van der Waals surface area (Å²) in [6.45, 7) is 4.13. The Bertz CT molecular complexity index is 895. The Hall–Kier alpha value is -2.38. The van der Waals surface area contributed by atoms with Crippen LogP contribution in [0.1, 0.15) is 66.2 Å². The third kappa shape index (κ3) is 7.35. The molecule has 3 rings (SSSR count). The Morgan fingerprint density at radius 1 is 1.06 bits per heavy atom. The standard InChI is InChI=1S/C25H31BrN2O4/c1-2-3-4-5-14-32-23-13-10-19(16-22(23)26)25(30)28-20-11-8-18(9-12-20)24(29)27-17-21-7-6-15-31-21/h8-13,16,21H,2-7,14-15,17H2,1H3,(H,27,29)(H,28,30). The summed E-state index contributed by atoms with van der Waals surface area (Å²) < 4.78 is 12.1. The minimum atomic E-state index is -0.226. The van der Waals surface area contributed by atoms with Crippen molar-refractivity contribution in [3.8, 4) is 5.75 Å². The fourth-order valence-electron chi connectivity index (χ4n) is 3.49. The van der Waals surface area contributed by atoms with Crippen molar-refractivity contribution >= 4 is 33.4 Å². The summed E-state index contributed by atoms with van der Waals surface area (Å²) >= 11 is 3.49. The van der Waals surface area contributed by atoms with Crippen LogP contribution in [0.25, 0.3) is 0 Å². The maximum Gasteiger partial charge on any atom is 0.255 e. The lowest BCUT2D eigenvalue weighted by atomic mass is 10.1. The average Bonchev–Trinajstić information content (AvgIpc) is 3.32. The molecule has 1 fully saturated rings. The molecule has 7 heteroatoms. The number of unbranched alkanes of at least 4 members (excludes halogenated alkanes) is 3. The SMILES string of the molecule is CCCCCCOc1ccc(C(=O)Nc2ccc(C(=O)NCC3CCCO3)cc2)cc1Br. The molecule has 1 unspecified atom stereocenters. The predicted molar refractivity (Wildman–Crippen MR) is 129 cm³/mol. The number of anilines is 1. The van der Waals surface area contributed by atoms with Crippen molar-refractivity contribution in [3.05, 3.63) is 58.1 Å². The Labute approximate surface area is 198 Å². The summed E-state index contributed by atoms with van der Waals surface area (Å²) in [5.74, 6) is 0.361. The highest BCUT2D eigenvalue weighted by Crippen LogP contribution is 2.27. The van der Waals surface area contributed by atoms with Gasteiger partial charge in [0.15, 0.2) is 0 Å². The molecule has 172 valence electrons. The zero-order valence-electron chi connectivity index (χ0n) is 18.5. The fraction of sp³-hybridized carbons (Fsp3) is 0.440. The van der Waals surface area contributed by atoms with Gasteiger partial charge in [0.2, 0.25) is 0 Å². The summed E-state index contributed by atoms with van der Waals surface area (Å²) in [6.07, 6.45) is 6.71. The molecule has 2 aromatic rings. The second kappa shape index (κ2) is 12.6. The van der Waals surface area contributed by atoms with Gasteiger partial charge in [-0.25, -0.2) is 0 Å². The zero-order chi connectivity index (χ0) is 22.8. The molecule has 1 aliphatic heterocycles. The molecule has 0 bridgehead atoms. The average molecular weight is 503 g/mol. The lowest BCUT2D eigenvalue weighted by Gasteiger charge is -2.12. The normalized spacial score (nSPS) is 15.4. The van der Waals surface area contributed by atoms with Crippen LogP contribution in [0.15, 0.2) is 46.9 Å². The Balaban J connectivity index is 1.49. The Kier molecular flexibility index (Phi) is 9.56. The number of nitrogens with one attached hydrogen (secondary N) is 2. The first-order valence-electron chi connectivity index (χ1n) is 11.3. The van der Waals surface area contributed by atoms with Crippen LogP contribution in [0, 0.1) is 0 Å². The Morgan fingerprint density at radius 3 is 2.53 bits per heavy atom. The maximum atomic E-state index is 12.6. The smallest absolute Gasteiger partial charge is 0.255 e. The molecular formula is C25H31BrN2O4. The number of amides is 2. The minimum absolute atomic E-state index is 0.106. The summed E-state index contributed by atoms with van der Waals surface area (Å²) in [4.78, 5) is 24.9. The van der Waals surface area contributed by atoms with Crippen LogP contribution in [-0.4, -0.2) is 37.7 Å². The first-order chi connectivity index (χ1) is 15.6. The van der Waals surface area contributed by atoms with Gasteiger partial charge in [-0.15, -0.1) is 0 Å². The van der Waals surface area contributed by atoms with Crippen molar-refractivity contribution in [1.82, 2.24) is 5.32 Å². The predicted octanol–water partition coefficient (Wildman–Crippen LogP) is 5.57. The molecular weight excluding hydrogens is 472 g/mol. The van der Waals surface area contributed by atoms with Gasteiger partial charge in [0.05, 0.1) is 17.2 Å². The molecule has 0 aliphatic carbocycles. The highest BCUT2D eigenvalue weighted by Gasteiger charge is 2.17. The number of hydrogen-bond acceptors (Lipinski definition) is 4. The summed E-state index contributed by atoms with van der Waals surface area (Å²) in [6, 6.07) is 12.2. The molecule has 0 aromatic heterocycles. The van der Waals surface area contributed by atoms with Crippen molar-refractivity contribution in [1.29, 1.82) is 0 Å². The molecule has 0 radical (unpaired) electrons. The molecule has 32 heavy (non-hydrogen) atoms. The third-order valence-electron chi connectivity index (χ3n) is 5.37. The monoisotopic (exact) mass is 502 g/mol. The first kappa shape index (κ1) is 24.3. The van der Waals surface area contributed by atoms with Gasteiger partial charge >= 0.3 is 0 Å². The van der Waals surface area contributed by atoms with E-state index < -0.39 is 0 Å². The molecule has 1 atom stereocenters. The van der Waals surface area contributed by atoms with Crippen molar-refractivity contribution in [2.24, 2.45) is 0 Å². The largest absolute Gasteiger partial charge is 0.492 e. The van der Waals surface area contributed by atoms with E-state index in [1.54, 1.807) is 42.5 Å². The second-order valence-electron chi connectivity index (χ2n) is 7.93. The summed E-state index contributed by atoms with van der Waals surface area (Å²) in [5, 5.41) is 5.76. The molecule has 1 aliphatic rings. The van der Waals surface area contributed by atoms with Crippen molar-refractivity contribution in [2.45, 2.75) is 51.6 Å². The number of hydrogen-bond donors (Lipinski definition) is 2. The van der Waals surface area contributed by atoms with E-state index in [0.29, 0.717) is 30.0 Å². The van der Waals surface area contributed by atoms with E-state index in [4.69, 9.17) is 9.47 Å². The molecule has 2 aromatic carbocycles. The molecule has 2 amide bonds. The van der Waals surface area contributed by atoms with E-state index in [1.807, 2.05) is 0 Å².